The Morgan fingerprint density at radius 2 is 1.36 bits per heavy atom. The molecule has 1 aromatic rings. The highest BCUT2D eigenvalue weighted by Crippen LogP contribution is 2.38. The standard InChI is InChI=1S/C29H57N2O7P/c1-5-6-7-8-9-10-11-12-13-14-15-16-17-18-19-20-23-34-26-28(38-29-21-24-35-30-29)27-37-39(32,33)36-25-22-31(2,3)4/h21,24,28H,5-20,22-23,25-27H2,1-4H3/t28-/m1/s1. The minimum Gasteiger partial charge on any atom is -0.756 e. The van der Waals surface area contributed by atoms with Crippen LogP contribution in [0.15, 0.2) is 16.9 Å². The number of ether oxygens (including phenoxy) is 2. The molecule has 0 aliphatic heterocycles. The first-order valence-corrected chi connectivity index (χ1v) is 16.7. The smallest absolute Gasteiger partial charge is 0.268 e. The van der Waals surface area contributed by atoms with Crippen LogP contribution in [0.25, 0.3) is 0 Å². The van der Waals surface area contributed by atoms with Crippen LogP contribution in [0.3, 0.4) is 0 Å². The van der Waals surface area contributed by atoms with E-state index in [2.05, 4.69) is 12.1 Å². The van der Waals surface area contributed by atoms with Crippen LogP contribution in [-0.4, -0.2) is 69.9 Å². The molecule has 1 heterocycles. The van der Waals surface area contributed by atoms with Gasteiger partial charge in [-0.3, -0.25) is 4.57 Å². The summed E-state index contributed by atoms with van der Waals surface area (Å²) in [5, 5.41) is 3.72. The molecule has 0 aromatic carbocycles. The molecule has 1 aromatic heterocycles. The summed E-state index contributed by atoms with van der Waals surface area (Å²) in [5.74, 6) is 0.251. The molecular weight excluding hydrogens is 519 g/mol. The van der Waals surface area contributed by atoms with Crippen molar-refractivity contribution in [3.05, 3.63) is 12.3 Å². The summed E-state index contributed by atoms with van der Waals surface area (Å²) >= 11 is 0. The Balaban J connectivity index is 2.07. The van der Waals surface area contributed by atoms with Crippen LogP contribution in [0.5, 0.6) is 5.88 Å². The molecule has 9 nitrogen and oxygen atoms in total. The molecule has 39 heavy (non-hydrogen) atoms. The summed E-state index contributed by atoms with van der Waals surface area (Å²) in [4.78, 5) is 12.1. The molecule has 0 fully saturated rings. The highest BCUT2D eigenvalue weighted by Gasteiger charge is 2.19. The number of phosphoric ester groups is 1. The van der Waals surface area contributed by atoms with Gasteiger partial charge in [-0.2, -0.15) is 0 Å². The predicted molar refractivity (Wildman–Crippen MR) is 154 cm³/mol. The lowest BCUT2D eigenvalue weighted by Gasteiger charge is -2.28. The minimum atomic E-state index is -4.44. The molecule has 0 saturated heterocycles. The summed E-state index contributed by atoms with van der Waals surface area (Å²) in [6.07, 6.45) is 21.9. The maximum absolute atomic E-state index is 12.1. The lowest BCUT2D eigenvalue weighted by molar-refractivity contribution is -0.870. The third-order valence-electron chi connectivity index (χ3n) is 6.58. The van der Waals surface area contributed by atoms with Gasteiger partial charge in [-0.1, -0.05) is 103 Å². The number of rotatable bonds is 28. The number of nitrogens with zero attached hydrogens (tertiary/aromatic N) is 2. The number of quaternary nitrogens is 1. The van der Waals surface area contributed by atoms with E-state index in [1.165, 1.54) is 96.2 Å². The average Bonchev–Trinajstić information content (AvgIpc) is 3.38. The maximum atomic E-state index is 12.1. The molecule has 10 heteroatoms. The second kappa shape index (κ2) is 22.7. The molecule has 1 unspecified atom stereocenters. The van der Waals surface area contributed by atoms with E-state index in [1.807, 2.05) is 21.1 Å². The van der Waals surface area contributed by atoms with Crippen LogP contribution >= 0.6 is 7.82 Å². The van der Waals surface area contributed by atoms with Crippen molar-refractivity contribution < 1.29 is 37.0 Å². The summed E-state index contributed by atoms with van der Waals surface area (Å²) in [5.41, 5.74) is 0. The van der Waals surface area contributed by atoms with Crippen molar-refractivity contribution in [1.29, 1.82) is 0 Å². The summed E-state index contributed by atoms with van der Waals surface area (Å²) in [6, 6.07) is 1.55. The zero-order valence-corrected chi connectivity index (χ0v) is 26.2. The molecule has 230 valence electrons. The third-order valence-corrected chi connectivity index (χ3v) is 7.54. The van der Waals surface area contributed by atoms with Gasteiger partial charge in [0.2, 0.25) is 0 Å². The van der Waals surface area contributed by atoms with E-state index in [0.29, 0.717) is 17.6 Å². The van der Waals surface area contributed by atoms with Gasteiger partial charge in [0, 0.05) is 12.7 Å². The molecule has 0 amide bonds. The number of hydrogen-bond acceptors (Lipinski definition) is 8. The Hall–Kier alpha value is -0.960. The summed E-state index contributed by atoms with van der Waals surface area (Å²) in [7, 11) is 1.43. The fourth-order valence-corrected chi connectivity index (χ4v) is 4.88. The van der Waals surface area contributed by atoms with Crippen LogP contribution < -0.4 is 9.63 Å². The summed E-state index contributed by atoms with van der Waals surface area (Å²) < 4.78 is 38.9. The van der Waals surface area contributed by atoms with E-state index >= 15 is 0 Å². The van der Waals surface area contributed by atoms with Crippen molar-refractivity contribution in [1.82, 2.24) is 5.16 Å². The quantitative estimate of drug-likeness (QED) is 0.0602. The van der Waals surface area contributed by atoms with E-state index in [9.17, 15) is 9.46 Å². The number of phosphoric acid groups is 1. The van der Waals surface area contributed by atoms with E-state index in [-0.39, 0.29) is 25.7 Å². The SMILES string of the molecule is CCCCCCCCCCCCCCCCCCOC[C@H](COP(=O)([O-])OCC[N+](C)(C)C)Oc1ccon1. The first-order chi connectivity index (χ1) is 18.7. The average molecular weight is 577 g/mol. The summed E-state index contributed by atoms with van der Waals surface area (Å²) in [6.45, 7) is 3.41. The predicted octanol–water partition coefficient (Wildman–Crippen LogP) is 6.91. The third kappa shape index (κ3) is 23.4. The normalized spacial score (nSPS) is 14.4. The number of hydrogen-bond donors (Lipinski definition) is 0. The molecule has 0 aliphatic rings. The van der Waals surface area contributed by atoms with Gasteiger partial charge in [-0.05, 0) is 11.6 Å². The Kier molecular flexibility index (Phi) is 21.0. The second-order valence-corrected chi connectivity index (χ2v) is 13.0. The molecule has 0 spiro atoms. The molecule has 0 radical (unpaired) electrons. The van der Waals surface area contributed by atoms with Gasteiger partial charge in [0.25, 0.3) is 13.7 Å². The first kappa shape index (κ1) is 36.1. The lowest BCUT2D eigenvalue weighted by atomic mass is 10.0. The van der Waals surface area contributed by atoms with Gasteiger partial charge < -0.3 is 32.4 Å². The van der Waals surface area contributed by atoms with Crippen molar-refractivity contribution in [3.8, 4) is 5.88 Å². The van der Waals surface area contributed by atoms with Crippen molar-refractivity contribution in [2.45, 2.75) is 116 Å². The van der Waals surface area contributed by atoms with Crippen LogP contribution in [0, 0.1) is 0 Å². The second-order valence-electron chi connectivity index (χ2n) is 11.5. The molecule has 2 atom stereocenters. The highest BCUT2D eigenvalue weighted by molar-refractivity contribution is 7.45. The monoisotopic (exact) mass is 576 g/mol. The minimum absolute atomic E-state index is 0.0504. The zero-order chi connectivity index (χ0) is 28.7. The fraction of sp³-hybridized carbons (Fsp3) is 0.897. The largest absolute Gasteiger partial charge is 0.756 e. The Morgan fingerprint density at radius 1 is 0.821 bits per heavy atom. The lowest BCUT2D eigenvalue weighted by Crippen LogP contribution is -2.37. The van der Waals surface area contributed by atoms with E-state index in [4.69, 9.17) is 23.0 Å². The number of likely N-dealkylation sites (N-methyl/N-ethyl adjacent to an activating group) is 1. The van der Waals surface area contributed by atoms with Crippen molar-refractivity contribution in [2.75, 3.05) is 54.1 Å². The van der Waals surface area contributed by atoms with Gasteiger partial charge in [0.05, 0.1) is 34.4 Å². The van der Waals surface area contributed by atoms with Crippen LogP contribution in [0.1, 0.15) is 110 Å². The van der Waals surface area contributed by atoms with Crippen molar-refractivity contribution >= 4 is 7.82 Å². The van der Waals surface area contributed by atoms with Crippen LogP contribution in [0.4, 0.5) is 0 Å². The molecule has 1 rings (SSSR count). The van der Waals surface area contributed by atoms with Gasteiger partial charge in [0.1, 0.15) is 25.5 Å². The van der Waals surface area contributed by atoms with E-state index in [1.54, 1.807) is 6.07 Å². The first-order valence-electron chi connectivity index (χ1n) is 15.3. The Morgan fingerprint density at radius 3 is 1.85 bits per heavy atom. The Bertz CT molecular complexity index is 713. The Labute approximate surface area is 238 Å². The highest BCUT2D eigenvalue weighted by atomic mass is 31.2. The van der Waals surface area contributed by atoms with Crippen LogP contribution in [-0.2, 0) is 18.3 Å². The van der Waals surface area contributed by atoms with Gasteiger partial charge in [-0.25, -0.2) is 0 Å². The van der Waals surface area contributed by atoms with Gasteiger partial charge in [0.15, 0.2) is 0 Å². The van der Waals surface area contributed by atoms with Crippen molar-refractivity contribution in [3.63, 3.8) is 0 Å². The molecule has 0 bridgehead atoms. The maximum Gasteiger partial charge on any atom is 0.268 e. The number of unbranched alkanes of at least 4 members (excludes halogenated alkanes) is 15. The van der Waals surface area contributed by atoms with E-state index in [0.717, 1.165) is 12.8 Å². The molecular formula is C29H57N2O7P. The number of aromatic nitrogens is 1. The van der Waals surface area contributed by atoms with Crippen molar-refractivity contribution in [2.24, 2.45) is 0 Å². The zero-order valence-electron chi connectivity index (χ0n) is 25.3. The van der Waals surface area contributed by atoms with Gasteiger partial charge in [-0.15, -0.1) is 0 Å². The van der Waals surface area contributed by atoms with Gasteiger partial charge >= 0.3 is 0 Å². The van der Waals surface area contributed by atoms with Crippen LogP contribution in [0.2, 0.25) is 0 Å². The molecule has 0 N–H and O–H groups in total. The topological polar surface area (TPSA) is 103 Å². The fourth-order valence-electron chi connectivity index (χ4n) is 4.15. The molecule has 0 aliphatic carbocycles. The van der Waals surface area contributed by atoms with E-state index < -0.39 is 13.9 Å². The molecule has 0 saturated carbocycles.